The van der Waals surface area contributed by atoms with Crippen LogP contribution in [0.3, 0.4) is 0 Å². The maximum atomic E-state index is 13.7. The number of sulfonamides is 1. The maximum absolute atomic E-state index is 13.7. The summed E-state index contributed by atoms with van der Waals surface area (Å²) >= 11 is 9.61. The highest BCUT2D eigenvalue weighted by Gasteiger charge is 2.49. The zero-order valence-corrected chi connectivity index (χ0v) is 25.1. The minimum Gasteiger partial charge on any atom is -0.493 e. The van der Waals surface area contributed by atoms with Crippen molar-refractivity contribution in [2.75, 3.05) is 20.8 Å². The molecule has 41 heavy (non-hydrogen) atoms. The minimum atomic E-state index is -5.70. The zero-order chi connectivity index (χ0) is 30.3. The first-order valence-corrected chi connectivity index (χ1v) is 14.7. The number of ether oxygens (including phenoxy) is 2. The number of methoxy groups -OCH3 is 1. The van der Waals surface area contributed by atoms with Gasteiger partial charge >= 0.3 is 21.5 Å². The van der Waals surface area contributed by atoms with Crippen molar-refractivity contribution in [2.24, 2.45) is 0 Å². The number of carbonyl (C=O) groups excluding carboxylic acids is 1. The zero-order valence-electron chi connectivity index (χ0n) is 22.0. The van der Waals surface area contributed by atoms with Gasteiger partial charge in [0.15, 0.2) is 0 Å². The van der Waals surface area contributed by atoms with Crippen LogP contribution in [-0.2, 0) is 27.8 Å². The van der Waals surface area contributed by atoms with Crippen molar-refractivity contribution < 1.29 is 40.2 Å². The summed E-state index contributed by atoms with van der Waals surface area (Å²) in [6.45, 7) is 1.40. The molecule has 0 spiro atoms. The van der Waals surface area contributed by atoms with Gasteiger partial charge in [-0.2, -0.15) is 17.5 Å². The fourth-order valence-electron chi connectivity index (χ4n) is 4.63. The predicted octanol–water partition coefficient (Wildman–Crippen LogP) is 7.20. The average molecular weight is 680 g/mol. The van der Waals surface area contributed by atoms with Gasteiger partial charge in [-0.15, -0.1) is 0 Å². The van der Waals surface area contributed by atoms with Crippen molar-refractivity contribution in [3.63, 3.8) is 0 Å². The Labute approximate surface area is 246 Å². The van der Waals surface area contributed by atoms with Gasteiger partial charge in [-0.1, -0.05) is 17.7 Å². The van der Waals surface area contributed by atoms with Gasteiger partial charge in [-0.05, 0) is 76.6 Å². The summed E-state index contributed by atoms with van der Waals surface area (Å²) in [5.74, 6) is -0.705. The highest BCUT2D eigenvalue weighted by Crippen LogP contribution is 2.39. The van der Waals surface area contributed by atoms with E-state index in [0.29, 0.717) is 28.5 Å². The van der Waals surface area contributed by atoms with Crippen LogP contribution >= 0.6 is 27.5 Å². The molecule has 0 amide bonds. The third-order valence-corrected chi connectivity index (χ3v) is 9.39. The maximum Gasteiger partial charge on any atom is 0.511 e. The van der Waals surface area contributed by atoms with Crippen LogP contribution in [0.5, 0.6) is 5.75 Å². The Hall–Kier alpha value is -2.87. The Bertz CT molecular complexity index is 1750. The molecule has 0 atom stereocenters. The fraction of sp³-hybridized carbons (Fsp3) is 0.296. The van der Waals surface area contributed by atoms with E-state index in [0.717, 1.165) is 19.7 Å². The van der Waals surface area contributed by atoms with Crippen LogP contribution in [0.15, 0.2) is 46.9 Å². The standard InChI is InChI=1S/C27H24BrClF4N2O5S/c1-15-11-16-13-17(30)5-6-18(16)22(12-15)40-10-4-9-35-21-8-7-20(29)24(28)23(21)19(25(35)26(36)39-3)14-34(2)41(37,38)27(31,32)33/h5-8,11-13H,4,9-10,14H2,1-3H3. The van der Waals surface area contributed by atoms with E-state index >= 15 is 0 Å². The number of benzene rings is 3. The lowest BCUT2D eigenvalue weighted by Gasteiger charge is -2.19. The molecule has 1 heterocycles. The smallest absolute Gasteiger partial charge is 0.493 e. The summed E-state index contributed by atoms with van der Waals surface area (Å²) in [7, 11) is -3.81. The molecule has 3 aromatic carbocycles. The number of carbonyl (C=O) groups is 1. The highest BCUT2D eigenvalue weighted by atomic mass is 79.9. The van der Waals surface area contributed by atoms with Crippen LogP contribution in [0.1, 0.15) is 28.0 Å². The van der Waals surface area contributed by atoms with Gasteiger partial charge in [0.05, 0.1) is 24.3 Å². The average Bonchev–Trinajstić information content (AvgIpc) is 3.20. The molecule has 1 aromatic heterocycles. The Morgan fingerprint density at radius 1 is 1.15 bits per heavy atom. The molecule has 4 aromatic rings. The lowest BCUT2D eigenvalue weighted by molar-refractivity contribution is -0.0484. The number of hydrogen-bond donors (Lipinski definition) is 0. The second-order valence-corrected chi connectivity index (χ2v) is 12.5. The summed E-state index contributed by atoms with van der Waals surface area (Å²) < 4.78 is 90.6. The summed E-state index contributed by atoms with van der Waals surface area (Å²) in [6, 6.07) is 11.1. The number of nitrogens with zero attached hydrogens (tertiary/aromatic N) is 2. The Morgan fingerprint density at radius 2 is 1.85 bits per heavy atom. The number of esters is 1. The summed E-state index contributed by atoms with van der Waals surface area (Å²) in [6.07, 6.45) is 0.334. The van der Waals surface area contributed by atoms with Crippen LogP contribution in [0.2, 0.25) is 5.02 Å². The second-order valence-electron chi connectivity index (χ2n) is 9.26. The molecular weight excluding hydrogens is 656 g/mol. The van der Waals surface area contributed by atoms with Gasteiger partial charge in [0.2, 0.25) is 0 Å². The monoisotopic (exact) mass is 678 g/mol. The molecule has 0 aliphatic heterocycles. The third kappa shape index (κ3) is 6.04. The van der Waals surface area contributed by atoms with Crippen LogP contribution < -0.4 is 4.74 Å². The fourth-order valence-corrected chi connectivity index (χ4v) is 6.01. The molecule has 0 aliphatic rings. The van der Waals surface area contributed by atoms with Crippen molar-refractivity contribution >= 4 is 65.2 Å². The van der Waals surface area contributed by atoms with Gasteiger partial charge in [-0.25, -0.2) is 17.6 Å². The number of aromatic nitrogens is 1. The Morgan fingerprint density at radius 3 is 2.51 bits per heavy atom. The van der Waals surface area contributed by atoms with E-state index in [4.69, 9.17) is 21.1 Å². The van der Waals surface area contributed by atoms with Crippen molar-refractivity contribution in [1.82, 2.24) is 8.87 Å². The van der Waals surface area contributed by atoms with E-state index < -0.39 is 28.0 Å². The minimum absolute atomic E-state index is 0.0100. The van der Waals surface area contributed by atoms with Crippen LogP contribution in [0.4, 0.5) is 17.6 Å². The number of fused-ring (bicyclic) bond motifs is 2. The van der Waals surface area contributed by atoms with Crippen molar-refractivity contribution in [3.8, 4) is 5.75 Å². The first-order chi connectivity index (χ1) is 19.2. The first kappa shape index (κ1) is 31.1. The van der Waals surface area contributed by atoms with Gasteiger partial charge < -0.3 is 14.0 Å². The Balaban J connectivity index is 1.71. The van der Waals surface area contributed by atoms with Gasteiger partial charge in [0, 0.05) is 40.9 Å². The third-order valence-electron chi connectivity index (χ3n) is 6.49. The van der Waals surface area contributed by atoms with Crippen LogP contribution in [0.25, 0.3) is 21.7 Å². The van der Waals surface area contributed by atoms with E-state index in [9.17, 15) is 30.8 Å². The number of rotatable bonds is 9. The van der Waals surface area contributed by atoms with Gasteiger partial charge in [0.1, 0.15) is 17.3 Å². The summed E-state index contributed by atoms with van der Waals surface area (Å²) in [5, 5.41) is 1.87. The number of halogens is 6. The molecule has 0 saturated carbocycles. The molecule has 0 saturated heterocycles. The number of alkyl halides is 3. The van der Waals surface area contributed by atoms with Crippen molar-refractivity contribution in [3.05, 3.63) is 74.6 Å². The van der Waals surface area contributed by atoms with E-state index in [1.54, 1.807) is 22.8 Å². The first-order valence-electron chi connectivity index (χ1n) is 12.1. The van der Waals surface area contributed by atoms with E-state index in [2.05, 4.69) is 15.9 Å². The lowest BCUT2D eigenvalue weighted by Crippen LogP contribution is -2.38. The number of aryl methyl sites for hydroxylation is 2. The SMILES string of the molecule is COC(=O)c1c(CN(C)S(=O)(=O)C(F)(F)F)c2c(Br)c(Cl)ccc2n1CCCOc1cc(C)cc2cc(F)ccc12. The summed E-state index contributed by atoms with van der Waals surface area (Å²) in [4.78, 5) is 13.0. The molecule has 4 rings (SSSR count). The van der Waals surface area contributed by atoms with Crippen LogP contribution in [-0.4, -0.2) is 49.5 Å². The summed E-state index contributed by atoms with van der Waals surface area (Å²) in [5.41, 5.74) is -4.38. The molecule has 220 valence electrons. The van der Waals surface area contributed by atoms with Gasteiger partial charge in [0.25, 0.3) is 0 Å². The van der Waals surface area contributed by atoms with Crippen LogP contribution in [0, 0.1) is 12.7 Å². The molecule has 0 unspecified atom stereocenters. The van der Waals surface area contributed by atoms with E-state index in [1.165, 1.54) is 12.1 Å². The molecule has 0 bridgehead atoms. The quantitative estimate of drug-likeness (QED) is 0.106. The number of hydrogen-bond acceptors (Lipinski definition) is 5. The predicted molar refractivity (Wildman–Crippen MR) is 151 cm³/mol. The Kier molecular flexibility index (Phi) is 8.93. The largest absolute Gasteiger partial charge is 0.511 e. The van der Waals surface area contributed by atoms with Gasteiger partial charge in [-0.3, -0.25) is 0 Å². The molecule has 7 nitrogen and oxygen atoms in total. The molecular formula is C27H24BrClF4N2O5S. The normalized spacial score (nSPS) is 12.4. The lowest BCUT2D eigenvalue weighted by atomic mass is 10.1. The molecule has 0 fully saturated rings. The molecule has 14 heteroatoms. The second kappa shape index (κ2) is 11.8. The molecule has 0 radical (unpaired) electrons. The van der Waals surface area contributed by atoms with E-state index in [1.807, 2.05) is 19.1 Å². The van der Waals surface area contributed by atoms with Crippen molar-refractivity contribution in [1.29, 1.82) is 0 Å². The molecule has 0 N–H and O–H groups in total. The van der Waals surface area contributed by atoms with E-state index in [-0.39, 0.29) is 49.4 Å². The van der Waals surface area contributed by atoms with Crippen molar-refractivity contribution in [2.45, 2.75) is 31.9 Å². The molecule has 0 aliphatic carbocycles. The highest BCUT2D eigenvalue weighted by molar-refractivity contribution is 9.10. The topological polar surface area (TPSA) is 77.8 Å².